The fourth-order valence-corrected chi connectivity index (χ4v) is 2.60. The Kier molecular flexibility index (Phi) is 4.59. The van der Waals surface area contributed by atoms with Crippen LogP contribution in [-0.2, 0) is 17.8 Å². The minimum Gasteiger partial charge on any atom is -0.337 e. The second-order valence-electron chi connectivity index (χ2n) is 5.54. The molecule has 19 heavy (non-hydrogen) atoms. The molecule has 2 unspecified atom stereocenters. The summed E-state index contributed by atoms with van der Waals surface area (Å²) in [6, 6.07) is 8.03. The minimum atomic E-state index is -0.365. The summed E-state index contributed by atoms with van der Waals surface area (Å²) >= 11 is 0. The number of carbonyl (C=O) groups excluding carboxylic acids is 1. The fourth-order valence-electron chi connectivity index (χ4n) is 2.60. The van der Waals surface area contributed by atoms with Crippen molar-refractivity contribution < 1.29 is 4.79 Å². The van der Waals surface area contributed by atoms with Gasteiger partial charge in [-0.25, -0.2) is 0 Å². The molecule has 1 aliphatic rings. The lowest BCUT2D eigenvalue weighted by Crippen LogP contribution is -2.46. The standard InChI is InChI=1S/C16H24N2O/c1-3-12(2)15(17)16(19)18-10-6-9-13-7-4-5-8-14(13)11-18/h4-5,7-8,12,15H,3,6,9-11,17H2,1-2H3. The summed E-state index contributed by atoms with van der Waals surface area (Å²) in [5.41, 5.74) is 8.72. The van der Waals surface area contributed by atoms with E-state index in [1.54, 1.807) is 0 Å². The van der Waals surface area contributed by atoms with Crippen molar-refractivity contribution in [1.29, 1.82) is 0 Å². The van der Waals surface area contributed by atoms with Gasteiger partial charge in [0.2, 0.25) is 5.91 Å². The lowest BCUT2D eigenvalue weighted by molar-refractivity contribution is -0.134. The van der Waals surface area contributed by atoms with E-state index < -0.39 is 0 Å². The summed E-state index contributed by atoms with van der Waals surface area (Å²) in [6.07, 6.45) is 3.02. The summed E-state index contributed by atoms with van der Waals surface area (Å²) in [4.78, 5) is 14.4. The van der Waals surface area contributed by atoms with Gasteiger partial charge in [0.25, 0.3) is 0 Å². The lowest BCUT2D eigenvalue weighted by Gasteiger charge is -2.27. The minimum absolute atomic E-state index is 0.103. The molecule has 1 aromatic rings. The molecule has 3 nitrogen and oxygen atoms in total. The van der Waals surface area contributed by atoms with Gasteiger partial charge in [-0.1, -0.05) is 44.5 Å². The van der Waals surface area contributed by atoms with E-state index in [-0.39, 0.29) is 17.9 Å². The number of fused-ring (bicyclic) bond motifs is 1. The van der Waals surface area contributed by atoms with Gasteiger partial charge < -0.3 is 10.6 Å². The van der Waals surface area contributed by atoms with Gasteiger partial charge in [0, 0.05) is 13.1 Å². The first-order valence-electron chi connectivity index (χ1n) is 7.24. The molecule has 2 rings (SSSR count). The maximum absolute atomic E-state index is 12.5. The number of aryl methyl sites for hydroxylation is 1. The summed E-state index contributed by atoms with van der Waals surface area (Å²) in [5, 5.41) is 0. The van der Waals surface area contributed by atoms with Crippen molar-refractivity contribution in [1.82, 2.24) is 4.90 Å². The van der Waals surface area contributed by atoms with Crippen LogP contribution in [0.4, 0.5) is 0 Å². The summed E-state index contributed by atoms with van der Waals surface area (Å²) in [6.45, 7) is 5.65. The first-order valence-corrected chi connectivity index (χ1v) is 7.24. The molecule has 2 N–H and O–H groups in total. The number of amides is 1. The average Bonchev–Trinajstić information content (AvgIpc) is 2.66. The normalized spacial score (nSPS) is 18.4. The maximum atomic E-state index is 12.5. The number of benzene rings is 1. The van der Waals surface area contributed by atoms with E-state index >= 15 is 0 Å². The molecular formula is C16H24N2O. The zero-order valence-corrected chi connectivity index (χ0v) is 11.9. The van der Waals surface area contributed by atoms with Crippen LogP contribution in [0.2, 0.25) is 0 Å². The molecule has 0 aromatic heterocycles. The van der Waals surface area contributed by atoms with Crippen molar-refractivity contribution in [3.63, 3.8) is 0 Å². The van der Waals surface area contributed by atoms with Gasteiger partial charge in [-0.05, 0) is 29.9 Å². The zero-order chi connectivity index (χ0) is 13.8. The zero-order valence-electron chi connectivity index (χ0n) is 11.9. The first kappa shape index (κ1) is 14.1. The Hall–Kier alpha value is -1.35. The molecule has 1 aliphatic heterocycles. The number of hydrogen-bond donors (Lipinski definition) is 1. The van der Waals surface area contributed by atoms with E-state index in [1.165, 1.54) is 11.1 Å². The van der Waals surface area contributed by atoms with E-state index in [0.29, 0.717) is 6.54 Å². The van der Waals surface area contributed by atoms with Crippen molar-refractivity contribution in [2.75, 3.05) is 6.54 Å². The van der Waals surface area contributed by atoms with E-state index in [0.717, 1.165) is 25.8 Å². The van der Waals surface area contributed by atoms with Gasteiger partial charge in [0.15, 0.2) is 0 Å². The monoisotopic (exact) mass is 260 g/mol. The molecule has 1 heterocycles. The van der Waals surface area contributed by atoms with Gasteiger partial charge in [0.05, 0.1) is 6.04 Å². The van der Waals surface area contributed by atoms with Crippen molar-refractivity contribution in [3.05, 3.63) is 35.4 Å². The van der Waals surface area contributed by atoms with Crippen LogP contribution in [0, 0.1) is 5.92 Å². The maximum Gasteiger partial charge on any atom is 0.240 e. The Morgan fingerprint density at radius 2 is 2.05 bits per heavy atom. The molecule has 0 fully saturated rings. The molecule has 104 valence electrons. The van der Waals surface area contributed by atoms with Crippen molar-refractivity contribution in [2.45, 2.75) is 45.7 Å². The van der Waals surface area contributed by atoms with E-state index in [1.807, 2.05) is 17.9 Å². The van der Waals surface area contributed by atoms with E-state index in [4.69, 9.17) is 5.73 Å². The molecule has 1 aromatic carbocycles. The highest BCUT2D eigenvalue weighted by Crippen LogP contribution is 2.20. The second kappa shape index (κ2) is 6.20. The summed E-state index contributed by atoms with van der Waals surface area (Å²) in [5.74, 6) is 0.344. The number of rotatable bonds is 3. The Morgan fingerprint density at radius 3 is 2.74 bits per heavy atom. The molecule has 2 atom stereocenters. The van der Waals surface area contributed by atoms with Crippen LogP contribution in [0.3, 0.4) is 0 Å². The smallest absolute Gasteiger partial charge is 0.240 e. The highest BCUT2D eigenvalue weighted by molar-refractivity contribution is 5.82. The van der Waals surface area contributed by atoms with Crippen LogP contribution in [0.5, 0.6) is 0 Å². The van der Waals surface area contributed by atoms with Crippen molar-refractivity contribution in [3.8, 4) is 0 Å². The van der Waals surface area contributed by atoms with Crippen molar-refractivity contribution >= 4 is 5.91 Å². The van der Waals surface area contributed by atoms with E-state index in [2.05, 4.69) is 25.1 Å². The average molecular weight is 260 g/mol. The SMILES string of the molecule is CCC(C)C(N)C(=O)N1CCCc2ccccc2C1. The third-order valence-electron chi connectivity index (χ3n) is 4.21. The van der Waals surface area contributed by atoms with Gasteiger partial charge in [-0.3, -0.25) is 4.79 Å². The summed E-state index contributed by atoms with van der Waals surface area (Å²) in [7, 11) is 0. The number of nitrogens with two attached hydrogens (primary N) is 1. The third kappa shape index (κ3) is 3.16. The Labute approximate surface area is 115 Å². The molecule has 0 aliphatic carbocycles. The quantitative estimate of drug-likeness (QED) is 0.906. The Bertz CT molecular complexity index is 444. The van der Waals surface area contributed by atoms with Crippen LogP contribution in [0.1, 0.15) is 37.8 Å². The Morgan fingerprint density at radius 1 is 1.37 bits per heavy atom. The lowest BCUT2D eigenvalue weighted by atomic mass is 9.98. The van der Waals surface area contributed by atoms with Crippen LogP contribution in [-0.4, -0.2) is 23.4 Å². The molecule has 0 radical (unpaired) electrons. The summed E-state index contributed by atoms with van der Waals surface area (Å²) < 4.78 is 0. The number of nitrogens with zero attached hydrogens (tertiary/aromatic N) is 1. The first-order chi connectivity index (χ1) is 9.13. The predicted octanol–water partition coefficient (Wildman–Crippen LogP) is 2.33. The molecule has 0 saturated carbocycles. The molecule has 0 spiro atoms. The number of carbonyl (C=O) groups is 1. The van der Waals surface area contributed by atoms with Crippen LogP contribution < -0.4 is 5.73 Å². The second-order valence-corrected chi connectivity index (χ2v) is 5.54. The largest absolute Gasteiger partial charge is 0.337 e. The Balaban J connectivity index is 2.12. The van der Waals surface area contributed by atoms with Crippen LogP contribution in [0.25, 0.3) is 0 Å². The van der Waals surface area contributed by atoms with Crippen LogP contribution >= 0.6 is 0 Å². The van der Waals surface area contributed by atoms with Gasteiger partial charge >= 0.3 is 0 Å². The molecule has 1 amide bonds. The number of hydrogen-bond acceptors (Lipinski definition) is 2. The molecule has 0 saturated heterocycles. The topological polar surface area (TPSA) is 46.3 Å². The van der Waals surface area contributed by atoms with Gasteiger partial charge in [-0.2, -0.15) is 0 Å². The van der Waals surface area contributed by atoms with E-state index in [9.17, 15) is 4.79 Å². The molecular weight excluding hydrogens is 236 g/mol. The highest BCUT2D eigenvalue weighted by atomic mass is 16.2. The van der Waals surface area contributed by atoms with Crippen molar-refractivity contribution in [2.24, 2.45) is 11.7 Å². The molecule has 3 heteroatoms. The fraction of sp³-hybridized carbons (Fsp3) is 0.562. The van der Waals surface area contributed by atoms with Crippen LogP contribution in [0.15, 0.2) is 24.3 Å². The third-order valence-corrected chi connectivity index (χ3v) is 4.21. The van der Waals surface area contributed by atoms with Gasteiger partial charge in [-0.15, -0.1) is 0 Å². The molecule has 0 bridgehead atoms. The predicted molar refractivity (Wildman–Crippen MR) is 77.6 cm³/mol. The highest BCUT2D eigenvalue weighted by Gasteiger charge is 2.26. The van der Waals surface area contributed by atoms with Gasteiger partial charge in [0.1, 0.15) is 0 Å².